The summed E-state index contributed by atoms with van der Waals surface area (Å²) in [7, 11) is 0. The molecule has 0 spiro atoms. The van der Waals surface area contributed by atoms with Gasteiger partial charge in [0.05, 0.1) is 22.5 Å². The molecule has 0 unspecified atom stereocenters. The predicted octanol–water partition coefficient (Wildman–Crippen LogP) is 4.37. The highest BCUT2D eigenvalue weighted by molar-refractivity contribution is 6.37. The second kappa shape index (κ2) is 8.98. The quantitative estimate of drug-likeness (QED) is 0.559. The number of halogens is 2. The molecule has 3 rings (SSSR count). The maximum Gasteiger partial charge on any atom is 0.307 e. The van der Waals surface area contributed by atoms with E-state index in [9.17, 15) is 14.7 Å². The third kappa shape index (κ3) is 5.07. The first kappa shape index (κ1) is 22.3. The maximum absolute atomic E-state index is 13.0. The SMILES string of the molecule is CC(=O)O.Cc1c(CC(=O)O)c2cc(O)ccc2n1C(=O)c1ccc(Cl)cc1Cl. The minimum atomic E-state index is -1.03. The highest BCUT2D eigenvalue weighted by atomic mass is 35.5. The van der Waals surface area contributed by atoms with Gasteiger partial charge in [-0.3, -0.25) is 19.0 Å². The fourth-order valence-corrected chi connectivity index (χ4v) is 3.38. The molecule has 1 heterocycles. The topological polar surface area (TPSA) is 117 Å². The Hall–Kier alpha value is -3.03. The third-order valence-electron chi connectivity index (χ3n) is 4.01. The van der Waals surface area contributed by atoms with Crippen LogP contribution in [0.25, 0.3) is 10.9 Å². The van der Waals surface area contributed by atoms with Crippen LogP contribution in [0.15, 0.2) is 36.4 Å². The Bertz CT molecular complexity index is 1120. The molecule has 0 atom stereocenters. The largest absolute Gasteiger partial charge is 0.508 e. The number of carboxylic acid groups (broad SMARTS) is 2. The number of hydrogen-bond donors (Lipinski definition) is 3. The molecular formula is C20H17Cl2NO6. The van der Waals surface area contributed by atoms with Gasteiger partial charge in [-0.2, -0.15) is 0 Å². The van der Waals surface area contributed by atoms with Gasteiger partial charge in [0.25, 0.3) is 11.9 Å². The molecule has 0 amide bonds. The number of hydrogen-bond acceptors (Lipinski definition) is 4. The highest BCUT2D eigenvalue weighted by Gasteiger charge is 2.23. The van der Waals surface area contributed by atoms with Crippen molar-refractivity contribution in [3.63, 3.8) is 0 Å². The number of fused-ring (bicyclic) bond motifs is 1. The summed E-state index contributed by atoms with van der Waals surface area (Å²) in [5.74, 6) is -2.26. The van der Waals surface area contributed by atoms with Gasteiger partial charge in [0.2, 0.25) is 0 Å². The summed E-state index contributed by atoms with van der Waals surface area (Å²) in [6.07, 6.45) is -0.263. The molecule has 9 heteroatoms. The Balaban J connectivity index is 0.000000687. The van der Waals surface area contributed by atoms with Crippen molar-refractivity contribution in [2.45, 2.75) is 20.3 Å². The Labute approximate surface area is 175 Å². The predicted molar refractivity (Wildman–Crippen MR) is 109 cm³/mol. The van der Waals surface area contributed by atoms with E-state index < -0.39 is 17.8 Å². The van der Waals surface area contributed by atoms with E-state index in [4.69, 9.17) is 38.2 Å². The van der Waals surface area contributed by atoms with E-state index in [2.05, 4.69) is 0 Å². The van der Waals surface area contributed by atoms with Crippen molar-refractivity contribution < 1.29 is 29.7 Å². The third-order valence-corrected chi connectivity index (χ3v) is 4.56. The van der Waals surface area contributed by atoms with Gasteiger partial charge >= 0.3 is 5.97 Å². The van der Waals surface area contributed by atoms with Gasteiger partial charge in [-0.15, -0.1) is 0 Å². The average molecular weight is 438 g/mol. The Morgan fingerprint density at radius 1 is 1.03 bits per heavy atom. The van der Waals surface area contributed by atoms with Crippen LogP contribution in [0.5, 0.6) is 5.75 Å². The molecule has 3 N–H and O–H groups in total. The summed E-state index contributed by atoms with van der Waals surface area (Å²) in [6, 6.07) is 9.03. The number of aromatic nitrogens is 1. The number of carboxylic acids is 2. The summed E-state index contributed by atoms with van der Waals surface area (Å²) in [4.78, 5) is 33.2. The number of carbonyl (C=O) groups excluding carboxylic acids is 1. The fourth-order valence-electron chi connectivity index (χ4n) is 2.89. The number of carbonyl (C=O) groups is 3. The number of aliphatic carboxylic acids is 2. The lowest BCUT2D eigenvalue weighted by atomic mass is 10.1. The van der Waals surface area contributed by atoms with E-state index in [1.807, 2.05) is 0 Å². The number of phenolic OH excluding ortho intramolecular Hbond substituents is 1. The van der Waals surface area contributed by atoms with Crippen LogP contribution in [0.1, 0.15) is 28.5 Å². The van der Waals surface area contributed by atoms with Crippen molar-refractivity contribution in [3.05, 3.63) is 63.3 Å². The fraction of sp³-hybridized carbons (Fsp3) is 0.150. The van der Waals surface area contributed by atoms with Crippen molar-refractivity contribution >= 4 is 52.0 Å². The highest BCUT2D eigenvalue weighted by Crippen LogP contribution is 2.31. The van der Waals surface area contributed by atoms with E-state index in [-0.39, 0.29) is 22.8 Å². The van der Waals surface area contributed by atoms with Crippen molar-refractivity contribution in [3.8, 4) is 5.75 Å². The Kier molecular flexibility index (Phi) is 6.89. The molecule has 0 aliphatic heterocycles. The van der Waals surface area contributed by atoms with Crippen LogP contribution in [0, 0.1) is 6.92 Å². The molecule has 0 saturated heterocycles. The zero-order valence-corrected chi connectivity index (χ0v) is 17.0. The van der Waals surface area contributed by atoms with Gasteiger partial charge in [-0.1, -0.05) is 23.2 Å². The van der Waals surface area contributed by atoms with Gasteiger partial charge in [-0.05, 0) is 48.9 Å². The van der Waals surface area contributed by atoms with E-state index in [0.29, 0.717) is 27.2 Å². The maximum atomic E-state index is 13.0. The summed E-state index contributed by atoms with van der Waals surface area (Å²) < 4.78 is 1.40. The molecule has 0 bridgehead atoms. The van der Waals surface area contributed by atoms with E-state index in [1.54, 1.807) is 19.1 Å². The Morgan fingerprint density at radius 2 is 1.66 bits per heavy atom. The lowest BCUT2D eigenvalue weighted by molar-refractivity contribution is -0.136. The first-order valence-corrected chi connectivity index (χ1v) is 9.02. The van der Waals surface area contributed by atoms with Crippen LogP contribution in [-0.4, -0.2) is 37.7 Å². The molecule has 0 aliphatic rings. The molecule has 7 nitrogen and oxygen atoms in total. The number of phenols is 1. The molecule has 0 fully saturated rings. The van der Waals surface area contributed by atoms with Crippen LogP contribution >= 0.6 is 23.2 Å². The van der Waals surface area contributed by atoms with Gasteiger partial charge in [-0.25, -0.2) is 0 Å². The minimum absolute atomic E-state index is 0.00624. The Morgan fingerprint density at radius 3 is 2.21 bits per heavy atom. The molecule has 29 heavy (non-hydrogen) atoms. The number of benzene rings is 2. The number of aromatic hydroxyl groups is 1. The van der Waals surface area contributed by atoms with Gasteiger partial charge in [0, 0.05) is 23.0 Å². The summed E-state index contributed by atoms with van der Waals surface area (Å²) in [5.41, 5.74) is 1.71. The lowest BCUT2D eigenvalue weighted by Crippen LogP contribution is -2.14. The smallest absolute Gasteiger partial charge is 0.307 e. The van der Waals surface area contributed by atoms with E-state index in [0.717, 1.165) is 6.92 Å². The van der Waals surface area contributed by atoms with Crippen molar-refractivity contribution in [1.82, 2.24) is 4.57 Å². The van der Waals surface area contributed by atoms with E-state index >= 15 is 0 Å². The zero-order chi connectivity index (χ0) is 21.9. The van der Waals surface area contributed by atoms with E-state index in [1.165, 1.54) is 28.8 Å². The molecule has 2 aromatic carbocycles. The van der Waals surface area contributed by atoms with Crippen LogP contribution in [0.4, 0.5) is 0 Å². The lowest BCUT2D eigenvalue weighted by Gasteiger charge is -2.09. The van der Waals surface area contributed by atoms with Crippen LogP contribution in [-0.2, 0) is 16.0 Å². The monoisotopic (exact) mass is 437 g/mol. The molecule has 152 valence electrons. The van der Waals surface area contributed by atoms with Crippen molar-refractivity contribution in [2.24, 2.45) is 0 Å². The summed E-state index contributed by atoms with van der Waals surface area (Å²) in [5, 5.41) is 27.5. The second-order valence-electron chi connectivity index (χ2n) is 6.12. The normalized spacial score (nSPS) is 10.3. The summed E-state index contributed by atoms with van der Waals surface area (Å²) >= 11 is 12.0. The molecule has 0 aliphatic carbocycles. The van der Waals surface area contributed by atoms with Gasteiger partial charge in [0.15, 0.2) is 0 Å². The van der Waals surface area contributed by atoms with Gasteiger partial charge < -0.3 is 15.3 Å². The van der Waals surface area contributed by atoms with Crippen LogP contribution < -0.4 is 0 Å². The molecule has 1 aromatic heterocycles. The first-order chi connectivity index (χ1) is 13.5. The van der Waals surface area contributed by atoms with Crippen LogP contribution in [0.2, 0.25) is 10.0 Å². The molecule has 0 radical (unpaired) electrons. The zero-order valence-electron chi connectivity index (χ0n) is 15.4. The first-order valence-electron chi connectivity index (χ1n) is 8.27. The molecular weight excluding hydrogens is 421 g/mol. The molecule has 3 aromatic rings. The number of rotatable bonds is 3. The van der Waals surface area contributed by atoms with Gasteiger partial charge in [0.1, 0.15) is 5.75 Å². The standard InChI is InChI=1S/C18H13Cl2NO4.C2H4O2/c1-9-13(8-17(23)24)14-7-11(22)3-5-16(14)21(9)18(25)12-4-2-10(19)6-15(12)20;1-2(3)4/h2-7,22H,8H2,1H3,(H,23,24);1H3,(H,3,4). The molecule has 0 saturated carbocycles. The minimum Gasteiger partial charge on any atom is -0.508 e. The second-order valence-corrected chi connectivity index (χ2v) is 6.96. The average Bonchev–Trinajstić information content (AvgIpc) is 2.85. The van der Waals surface area contributed by atoms with Crippen LogP contribution in [0.3, 0.4) is 0 Å². The van der Waals surface area contributed by atoms with Crippen molar-refractivity contribution in [1.29, 1.82) is 0 Å². The summed E-state index contributed by atoms with van der Waals surface area (Å²) in [6.45, 7) is 2.75. The van der Waals surface area contributed by atoms with Crippen molar-refractivity contribution in [2.75, 3.05) is 0 Å². The number of nitrogens with zero attached hydrogens (tertiary/aromatic N) is 1.